The van der Waals surface area contributed by atoms with Crippen molar-refractivity contribution in [1.29, 1.82) is 0 Å². The van der Waals surface area contributed by atoms with Gasteiger partial charge in [0.15, 0.2) is 5.13 Å². The largest absolute Gasteiger partial charge is 0.462 e. The molecule has 1 aliphatic rings. The quantitative estimate of drug-likeness (QED) is 0.811. The number of nitrogens with zero attached hydrogens (tertiary/aromatic N) is 2. The summed E-state index contributed by atoms with van der Waals surface area (Å²) in [5.74, 6) is -0.418. The van der Waals surface area contributed by atoms with E-state index in [9.17, 15) is 9.90 Å². The number of aliphatic hydroxyl groups excluding tert-OH is 1. The normalized spacial score (nSPS) is 15.8. The van der Waals surface area contributed by atoms with E-state index in [1.165, 1.54) is 11.3 Å². The first-order valence-corrected chi connectivity index (χ1v) is 6.68. The Kier molecular flexibility index (Phi) is 4.51. The number of aliphatic hydroxyl groups is 1. The van der Waals surface area contributed by atoms with Crippen LogP contribution in [0.2, 0.25) is 0 Å². The van der Waals surface area contributed by atoms with Crippen LogP contribution >= 0.6 is 11.3 Å². The second kappa shape index (κ2) is 6.12. The van der Waals surface area contributed by atoms with Crippen LogP contribution in [0.25, 0.3) is 0 Å². The Bertz CT molecular complexity index is 415. The summed E-state index contributed by atoms with van der Waals surface area (Å²) in [6.45, 7) is 4.62. The molecule has 2 heterocycles. The van der Waals surface area contributed by atoms with Gasteiger partial charge in [0.2, 0.25) is 0 Å². The third-order valence-electron chi connectivity index (χ3n) is 2.58. The summed E-state index contributed by atoms with van der Waals surface area (Å²) < 4.78 is 10.2. The van der Waals surface area contributed by atoms with E-state index in [0.717, 1.165) is 18.2 Å². The molecule has 0 spiro atoms. The van der Waals surface area contributed by atoms with Crippen molar-refractivity contribution in [3.63, 3.8) is 0 Å². The predicted molar refractivity (Wildman–Crippen MR) is 67.0 cm³/mol. The molecule has 1 aromatic rings. The highest BCUT2D eigenvalue weighted by atomic mass is 32.1. The maximum atomic E-state index is 11.7. The lowest BCUT2D eigenvalue weighted by atomic mass is 10.4. The minimum absolute atomic E-state index is 0.255. The molecular weight excluding hydrogens is 256 g/mol. The average Bonchev–Trinajstić information content (AvgIpc) is 2.84. The van der Waals surface area contributed by atoms with Crippen molar-refractivity contribution < 1.29 is 19.4 Å². The fraction of sp³-hybridized carbons (Fsp3) is 0.636. The summed E-state index contributed by atoms with van der Waals surface area (Å²) in [7, 11) is 0. The number of thiazole rings is 1. The van der Waals surface area contributed by atoms with Crippen molar-refractivity contribution in [3.05, 3.63) is 10.6 Å². The summed E-state index contributed by atoms with van der Waals surface area (Å²) in [4.78, 5) is 18.4. The molecule has 1 aromatic heterocycles. The Morgan fingerprint density at radius 3 is 2.89 bits per heavy atom. The maximum absolute atomic E-state index is 11.7. The lowest BCUT2D eigenvalue weighted by Crippen LogP contribution is -2.36. The number of hydrogen-bond donors (Lipinski definition) is 1. The van der Waals surface area contributed by atoms with Crippen LogP contribution in [0, 0.1) is 0 Å². The van der Waals surface area contributed by atoms with Crippen molar-refractivity contribution in [2.24, 2.45) is 0 Å². The van der Waals surface area contributed by atoms with E-state index in [2.05, 4.69) is 9.88 Å². The number of anilines is 1. The summed E-state index contributed by atoms with van der Waals surface area (Å²) in [6, 6.07) is 0. The van der Waals surface area contributed by atoms with Crippen molar-refractivity contribution in [2.45, 2.75) is 13.5 Å². The molecular formula is C11H16N2O4S. The van der Waals surface area contributed by atoms with E-state index in [1.54, 1.807) is 6.92 Å². The average molecular weight is 272 g/mol. The SMILES string of the molecule is CCOC(=O)c1sc(N2CCOCC2)nc1CO. The Morgan fingerprint density at radius 1 is 1.56 bits per heavy atom. The zero-order valence-electron chi connectivity index (χ0n) is 10.2. The first-order valence-electron chi connectivity index (χ1n) is 5.86. The molecule has 1 saturated heterocycles. The van der Waals surface area contributed by atoms with Gasteiger partial charge in [-0.25, -0.2) is 9.78 Å². The number of hydrogen-bond acceptors (Lipinski definition) is 7. The summed E-state index contributed by atoms with van der Waals surface area (Å²) in [5, 5.41) is 9.98. The second-order valence-corrected chi connectivity index (χ2v) is 4.73. The Morgan fingerprint density at radius 2 is 2.28 bits per heavy atom. The third kappa shape index (κ3) is 2.80. The van der Waals surface area contributed by atoms with Gasteiger partial charge in [-0.15, -0.1) is 0 Å². The van der Waals surface area contributed by atoms with E-state index < -0.39 is 5.97 Å². The topological polar surface area (TPSA) is 71.9 Å². The first-order chi connectivity index (χ1) is 8.76. The highest BCUT2D eigenvalue weighted by Gasteiger charge is 2.22. The number of aromatic nitrogens is 1. The van der Waals surface area contributed by atoms with Crippen LogP contribution in [0.1, 0.15) is 22.3 Å². The number of carbonyl (C=O) groups excluding carboxylic acids is 1. The van der Waals surface area contributed by atoms with E-state index >= 15 is 0 Å². The Hall–Kier alpha value is -1.18. The maximum Gasteiger partial charge on any atom is 0.350 e. The Balaban J connectivity index is 2.19. The van der Waals surface area contributed by atoms with Crippen LogP contribution < -0.4 is 4.90 Å². The molecule has 0 radical (unpaired) electrons. The van der Waals surface area contributed by atoms with E-state index in [4.69, 9.17) is 9.47 Å². The highest BCUT2D eigenvalue weighted by molar-refractivity contribution is 7.17. The molecule has 18 heavy (non-hydrogen) atoms. The molecule has 0 amide bonds. The van der Waals surface area contributed by atoms with Gasteiger partial charge in [0.1, 0.15) is 4.88 Å². The minimum Gasteiger partial charge on any atom is -0.462 e. The van der Waals surface area contributed by atoms with Gasteiger partial charge in [0, 0.05) is 13.1 Å². The van der Waals surface area contributed by atoms with Crippen LogP contribution in [-0.2, 0) is 16.1 Å². The van der Waals surface area contributed by atoms with Crippen molar-refractivity contribution in [1.82, 2.24) is 4.98 Å². The standard InChI is InChI=1S/C11H16N2O4S/c1-2-17-10(15)9-8(7-14)12-11(18-9)13-3-5-16-6-4-13/h14H,2-7H2,1H3. The summed E-state index contributed by atoms with van der Waals surface area (Å²) in [5.41, 5.74) is 0.389. The smallest absolute Gasteiger partial charge is 0.350 e. The van der Waals surface area contributed by atoms with Gasteiger partial charge < -0.3 is 19.5 Å². The van der Waals surface area contributed by atoms with Crippen LogP contribution in [0.4, 0.5) is 5.13 Å². The molecule has 0 bridgehead atoms. The zero-order valence-corrected chi connectivity index (χ0v) is 11.0. The molecule has 6 nitrogen and oxygen atoms in total. The van der Waals surface area contributed by atoms with Gasteiger partial charge in [-0.2, -0.15) is 0 Å². The van der Waals surface area contributed by atoms with Crippen molar-refractivity contribution in [2.75, 3.05) is 37.8 Å². The van der Waals surface area contributed by atoms with Crippen LogP contribution in [-0.4, -0.2) is 49.0 Å². The molecule has 0 unspecified atom stereocenters. The molecule has 2 rings (SSSR count). The summed E-state index contributed by atoms with van der Waals surface area (Å²) >= 11 is 1.26. The van der Waals surface area contributed by atoms with E-state index in [0.29, 0.717) is 30.4 Å². The van der Waals surface area contributed by atoms with Gasteiger partial charge in [0.05, 0.1) is 32.1 Å². The Labute approximate surface area is 109 Å². The molecule has 0 aromatic carbocycles. The first kappa shape index (κ1) is 13.3. The van der Waals surface area contributed by atoms with Gasteiger partial charge in [-0.05, 0) is 6.92 Å². The van der Waals surface area contributed by atoms with Crippen molar-refractivity contribution in [3.8, 4) is 0 Å². The number of morpholine rings is 1. The molecule has 0 aliphatic carbocycles. The fourth-order valence-electron chi connectivity index (χ4n) is 1.69. The number of ether oxygens (including phenoxy) is 2. The molecule has 1 fully saturated rings. The van der Waals surface area contributed by atoms with E-state index in [1.807, 2.05) is 0 Å². The minimum atomic E-state index is -0.418. The fourth-order valence-corrected chi connectivity index (χ4v) is 2.71. The monoisotopic (exact) mass is 272 g/mol. The van der Waals surface area contributed by atoms with Gasteiger partial charge in [-0.3, -0.25) is 0 Å². The van der Waals surface area contributed by atoms with Crippen LogP contribution in [0.5, 0.6) is 0 Å². The van der Waals surface area contributed by atoms with E-state index in [-0.39, 0.29) is 6.61 Å². The molecule has 7 heteroatoms. The molecule has 0 atom stereocenters. The van der Waals surface area contributed by atoms with Gasteiger partial charge in [0.25, 0.3) is 0 Å². The molecule has 1 N–H and O–H groups in total. The third-order valence-corrected chi connectivity index (χ3v) is 3.72. The molecule has 1 aliphatic heterocycles. The van der Waals surface area contributed by atoms with Gasteiger partial charge in [-0.1, -0.05) is 11.3 Å². The second-order valence-electron chi connectivity index (χ2n) is 3.75. The van der Waals surface area contributed by atoms with Crippen LogP contribution in [0.15, 0.2) is 0 Å². The highest BCUT2D eigenvalue weighted by Crippen LogP contribution is 2.27. The number of carbonyl (C=O) groups is 1. The lowest BCUT2D eigenvalue weighted by Gasteiger charge is -2.25. The zero-order chi connectivity index (χ0) is 13.0. The number of rotatable bonds is 4. The van der Waals surface area contributed by atoms with Crippen molar-refractivity contribution >= 4 is 22.4 Å². The summed E-state index contributed by atoms with van der Waals surface area (Å²) in [6.07, 6.45) is 0. The molecule has 0 saturated carbocycles. The number of esters is 1. The predicted octanol–water partition coefficient (Wildman–Crippen LogP) is 0.649. The molecule has 100 valence electrons. The lowest BCUT2D eigenvalue weighted by molar-refractivity contribution is 0.0528. The van der Waals surface area contributed by atoms with Gasteiger partial charge >= 0.3 is 5.97 Å². The van der Waals surface area contributed by atoms with Crippen LogP contribution in [0.3, 0.4) is 0 Å².